The van der Waals surface area contributed by atoms with Crippen molar-refractivity contribution in [2.24, 2.45) is 5.92 Å². The molecule has 3 rings (SSSR count). The zero-order valence-corrected chi connectivity index (χ0v) is 20.5. The van der Waals surface area contributed by atoms with Crippen molar-refractivity contribution in [1.29, 1.82) is 5.26 Å². The number of hydrogen-bond acceptors (Lipinski definition) is 9. The highest BCUT2D eigenvalue weighted by molar-refractivity contribution is 8.03. The van der Waals surface area contributed by atoms with Crippen LogP contribution < -0.4 is 15.4 Å². The van der Waals surface area contributed by atoms with Gasteiger partial charge in [-0.15, -0.1) is 0 Å². The molecule has 0 bridgehead atoms. The molecule has 0 saturated carbocycles. The largest absolute Gasteiger partial charge is 0.497 e. The van der Waals surface area contributed by atoms with Crippen LogP contribution in [0.5, 0.6) is 5.75 Å². The number of nitrogens with one attached hydrogen (secondary N) is 2. The van der Waals surface area contributed by atoms with E-state index in [9.17, 15) is 24.4 Å². The summed E-state index contributed by atoms with van der Waals surface area (Å²) in [6.45, 7) is 0. The minimum Gasteiger partial charge on any atom is -0.497 e. The van der Waals surface area contributed by atoms with Crippen LogP contribution in [0, 0.1) is 17.2 Å². The van der Waals surface area contributed by atoms with Crippen molar-refractivity contribution < 1.29 is 33.4 Å². The van der Waals surface area contributed by atoms with Gasteiger partial charge >= 0.3 is 11.9 Å². The second-order valence-electron chi connectivity index (χ2n) is 7.50. The molecule has 2 N–H and O–H groups in total. The number of ether oxygens (including phenoxy) is 3. The van der Waals surface area contributed by atoms with Gasteiger partial charge in [0, 0.05) is 17.7 Å². The van der Waals surface area contributed by atoms with Crippen molar-refractivity contribution in [3.8, 4) is 11.8 Å². The number of nitriles is 1. The monoisotopic (exact) mass is 509 g/mol. The number of benzene rings is 2. The summed E-state index contributed by atoms with van der Waals surface area (Å²) in [5.41, 5.74) is 1.33. The Morgan fingerprint density at radius 1 is 1.08 bits per heavy atom. The molecule has 0 saturated heterocycles. The highest BCUT2D eigenvalue weighted by atomic mass is 32.2. The predicted octanol–water partition coefficient (Wildman–Crippen LogP) is 2.59. The normalized spacial score (nSPS) is 16.9. The van der Waals surface area contributed by atoms with Gasteiger partial charge in [-0.2, -0.15) is 5.26 Å². The Balaban J connectivity index is 1.89. The zero-order valence-electron chi connectivity index (χ0n) is 19.7. The molecule has 1 aliphatic heterocycles. The number of nitrogens with zero attached hydrogens (tertiary/aromatic N) is 1. The molecule has 1 heterocycles. The lowest BCUT2D eigenvalue weighted by atomic mass is 9.78. The maximum atomic E-state index is 12.9. The first kappa shape index (κ1) is 26.3. The molecule has 186 valence electrons. The molecule has 0 spiro atoms. The standard InChI is InChI=1S/C25H23N3O7S/c1-33-17-6-4-5-16(11-17)27-19(29)13-36-23-18(12-26)20(21(22(30)28-23)25(32)35-3)14-7-9-15(10-8-14)24(31)34-2/h4-11,20-21H,13H2,1-3H3,(H,27,29)(H,28,30)/t20-,21-/m1/s1. The minimum atomic E-state index is -1.33. The summed E-state index contributed by atoms with van der Waals surface area (Å²) in [7, 11) is 3.91. The third-order valence-electron chi connectivity index (χ3n) is 5.38. The number of hydrogen-bond donors (Lipinski definition) is 2. The molecule has 2 atom stereocenters. The number of carbonyl (C=O) groups excluding carboxylic acids is 4. The van der Waals surface area contributed by atoms with Crippen LogP contribution in [-0.4, -0.2) is 50.8 Å². The second kappa shape index (κ2) is 11.9. The Bertz CT molecular complexity index is 1250. The summed E-state index contributed by atoms with van der Waals surface area (Å²) >= 11 is 0.958. The highest BCUT2D eigenvalue weighted by Gasteiger charge is 2.44. The van der Waals surface area contributed by atoms with E-state index in [0.717, 1.165) is 18.9 Å². The maximum absolute atomic E-state index is 12.9. The number of allylic oxidation sites excluding steroid dienone is 1. The Morgan fingerprint density at radius 2 is 1.81 bits per heavy atom. The molecule has 10 nitrogen and oxygen atoms in total. The third kappa shape index (κ3) is 5.84. The van der Waals surface area contributed by atoms with Gasteiger partial charge in [0.15, 0.2) is 0 Å². The molecule has 0 aliphatic carbocycles. The number of carbonyl (C=O) groups is 4. The van der Waals surface area contributed by atoms with Crippen molar-refractivity contribution in [1.82, 2.24) is 5.32 Å². The number of methoxy groups -OCH3 is 3. The fourth-order valence-corrected chi connectivity index (χ4v) is 4.51. The SMILES string of the molecule is COC(=O)c1ccc([C@@H]2C(C#N)=C(SCC(=O)Nc3cccc(OC)c3)NC(=O)[C@@H]2C(=O)OC)cc1. The molecule has 1 aliphatic rings. The van der Waals surface area contributed by atoms with E-state index in [2.05, 4.69) is 16.7 Å². The minimum absolute atomic E-state index is 0.0926. The molecule has 0 unspecified atom stereocenters. The molecular weight excluding hydrogens is 486 g/mol. The fraction of sp³-hybridized carbons (Fsp3) is 0.240. The van der Waals surface area contributed by atoms with Gasteiger partial charge in [0.25, 0.3) is 0 Å². The summed E-state index contributed by atoms with van der Waals surface area (Å²) < 4.78 is 14.7. The van der Waals surface area contributed by atoms with E-state index in [1.54, 1.807) is 36.4 Å². The second-order valence-corrected chi connectivity index (χ2v) is 8.49. The summed E-state index contributed by atoms with van der Waals surface area (Å²) in [5.74, 6) is -4.27. The average molecular weight is 510 g/mol. The van der Waals surface area contributed by atoms with Crippen LogP contribution in [0.25, 0.3) is 0 Å². The van der Waals surface area contributed by atoms with E-state index in [0.29, 0.717) is 17.0 Å². The smallest absolute Gasteiger partial charge is 0.337 e. The number of amides is 2. The molecule has 36 heavy (non-hydrogen) atoms. The van der Waals surface area contributed by atoms with E-state index in [1.165, 1.54) is 26.4 Å². The molecule has 2 aromatic carbocycles. The van der Waals surface area contributed by atoms with Gasteiger partial charge in [0.2, 0.25) is 11.8 Å². The van der Waals surface area contributed by atoms with Gasteiger partial charge in [-0.25, -0.2) is 4.79 Å². The van der Waals surface area contributed by atoms with E-state index >= 15 is 0 Å². The summed E-state index contributed by atoms with van der Waals surface area (Å²) in [6, 6.07) is 14.9. The van der Waals surface area contributed by atoms with Crippen LogP contribution in [-0.2, 0) is 23.9 Å². The topological polar surface area (TPSA) is 144 Å². The Labute approximate surface area is 211 Å². The van der Waals surface area contributed by atoms with Crippen LogP contribution in [0.15, 0.2) is 59.1 Å². The highest BCUT2D eigenvalue weighted by Crippen LogP contribution is 2.40. The van der Waals surface area contributed by atoms with Gasteiger partial charge in [0.1, 0.15) is 11.7 Å². The van der Waals surface area contributed by atoms with Crippen LogP contribution >= 0.6 is 11.8 Å². The molecule has 0 aromatic heterocycles. The Morgan fingerprint density at radius 3 is 2.42 bits per heavy atom. The van der Waals surface area contributed by atoms with Gasteiger partial charge in [-0.3, -0.25) is 14.4 Å². The van der Waals surface area contributed by atoms with Gasteiger partial charge in [-0.1, -0.05) is 30.0 Å². The molecule has 0 fully saturated rings. The summed E-state index contributed by atoms with van der Waals surface area (Å²) in [4.78, 5) is 49.7. The number of esters is 2. The van der Waals surface area contributed by atoms with Crippen LogP contribution in [0.3, 0.4) is 0 Å². The van der Waals surface area contributed by atoms with Crippen molar-refractivity contribution in [2.75, 3.05) is 32.4 Å². The Kier molecular flexibility index (Phi) is 8.70. The first-order valence-electron chi connectivity index (χ1n) is 10.6. The van der Waals surface area contributed by atoms with E-state index in [-0.39, 0.29) is 27.8 Å². The van der Waals surface area contributed by atoms with Crippen LogP contribution in [0.4, 0.5) is 5.69 Å². The molecule has 2 amide bonds. The lowest BCUT2D eigenvalue weighted by Gasteiger charge is -2.31. The summed E-state index contributed by atoms with van der Waals surface area (Å²) in [6.07, 6.45) is 0. The van der Waals surface area contributed by atoms with Crippen LogP contribution in [0.1, 0.15) is 21.8 Å². The molecule has 2 aromatic rings. The van der Waals surface area contributed by atoms with Gasteiger partial charge < -0.3 is 24.8 Å². The molecule has 0 radical (unpaired) electrons. The van der Waals surface area contributed by atoms with Crippen molar-refractivity contribution in [3.63, 3.8) is 0 Å². The van der Waals surface area contributed by atoms with E-state index < -0.39 is 29.7 Å². The average Bonchev–Trinajstić information content (AvgIpc) is 2.90. The molecular formula is C25H23N3O7S. The molecule has 11 heteroatoms. The number of rotatable bonds is 8. The van der Waals surface area contributed by atoms with Gasteiger partial charge in [-0.05, 0) is 29.8 Å². The fourth-order valence-electron chi connectivity index (χ4n) is 3.66. The van der Waals surface area contributed by atoms with Crippen molar-refractivity contribution in [3.05, 3.63) is 70.3 Å². The number of thioether (sulfide) groups is 1. The lowest BCUT2D eigenvalue weighted by Crippen LogP contribution is -2.44. The zero-order chi connectivity index (χ0) is 26.2. The van der Waals surface area contributed by atoms with Crippen molar-refractivity contribution >= 4 is 41.2 Å². The quantitative estimate of drug-likeness (QED) is 0.405. The van der Waals surface area contributed by atoms with Crippen molar-refractivity contribution in [2.45, 2.75) is 5.92 Å². The van der Waals surface area contributed by atoms with E-state index in [4.69, 9.17) is 14.2 Å². The first-order valence-corrected chi connectivity index (χ1v) is 11.6. The first-order chi connectivity index (χ1) is 17.3. The third-order valence-corrected chi connectivity index (χ3v) is 6.39. The predicted molar refractivity (Wildman–Crippen MR) is 131 cm³/mol. The number of anilines is 1. The van der Waals surface area contributed by atoms with E-state index in [1.807, 2.05) is 0 Å². The summed E-state index contributed by atoms with van der Waals surface area (Å²) in [5, 5.41) is 15.4. The Hall–Kier alpha value is -4.30. The van der Waals surface area contributed by atoms with Crippen LogP contribution in [0.2, 0.25) is 0 Å². The lowest BCUT2D eigenvalue weighted by molar-refractivity contribution is -0.150. The van der Waals surface area contributed by atoms with Gasteiger partial charge in [0.05, 0.1) is 49.3 Å². The maximum Gasteiger partial charge on any atom is 0.337 e.